The van der Waals surface area contributed by atoms with Crippen LogP contribution in [0.4, 0.5) is 4.39 Å². The van der Waals surface area contributed by atoms with E-state index in [-0.39, 0.29) is 11.7 Å². The van der Waals surface area contributed by atoms with Crippen LogP contribution in [-0.4, -0.2) is 6.54 Å². The van der Waals surface area contributed by atoms with Crippen LogP contribution in [0.3, 0.4) is 0 Å². The van der Waals surface area contributed by atoms with E-state index in [1.807, 2.05) is 6.07 Å². The molecule has 1 rings (SSSR count). The first kappa shape index (κ1) is 10.2. The molecule has 0 heterocycles. The molecule has 3 heteroatoms. The fraction of sp³-hybridized carbons (Fsp3) is 0.200. The number of benzene rings is 1. The van der Waals surface area contributed by atoms with Gasteiger partial charge >= 0.3 is 0 Å². The van der Waals surface area contributed by atoms with Gasteiger partial charge in [-0.2, -0.15) is 0 Å². The minimum atomic E-state index is -0.269. The highest BCUT2D eigenvalue weighted by molar-refractivity contribution is 6.17. The Morgan fingerprint density at radius 3 is 2.77 bits per heavy atom. The number of rotatable bonds is 3. The summed E-state index contributed by atoms with van der Waals surface area (Å²) in [7, 11) is 0. The molecule has 0 amide bonds. The van der Waals surface area contributed by atoms with Gasteiger partial charge in [-0.15, -0.1) is 11.6 Å². The molecule has 0 aliphatic heterocycles. The van der Waals surface area contributed by atoms with Crippen molar-refractivity contribution in [2.45, 2.75) is 5.88 Å². The Morgan fingerprint density at radius 2 is 2.23 bits per heavy atom. The predicted octanol–water partition coefficient (Wildman–Crippen LogP) is 2.54. The quantitative estimate of drug-likeness (QED) is 0.744. The average Bonchev–Trinajstić information content (AvgIpc) is 2.15. The first-order valence-corrected chi connectivity index (χ1v) is 4.52. The molecule has 0 aliphatic rings. The third-order valence-electron chi connectivity index (χ3n) is 1.67. The van der Waals surface area contributed by atoms with Gasteiger partial charge in [0.05, 0.1) is 5.88 Å². The summed E-state index contributed by atoms with van der Waals surface area (Å²) in [5.74, 6) is -0.0682. The third-order valence-corrected chi connectivity index (χ3v) is 1.96. The first-order valence-electron chi connectivity index (χ1n) is 3.99. The van der Waals surface area contributed by atoms with Gasteiger partial charge in [-0.25, -0.2) is 4.39 Å². The van der Waals surface area contributed by atoms with Crippen molar-refractivity contribution in [2.75, 3.05) is 6.54 Å². The Balaban J connectivity index is 2.89. The van der Waals surface area contributed by atoms with Crippen molar-refractivity contribution in [1.29, 1.82) is 0 Å². The summed E-state index contributed by atoms with van der Waals surface area (Å²) in [5, 5.41) is 0. The number of nitrogens with two attached hydrogens (primary N) is 1. The van der Waals surface area contributed by atoms with E-state index < -0.39 is 0 Å². The van der Waals surface area contributed by atoms with E-state index >= 15 is 0 Å². The standard InChI is InChI=1S/C10H11ClFN/c11-7-9-4-3-8(2-1-5-13)6-10(9)12/h1-4,6H,5,7,13H2. The van der Waals surface area contributed by atoms with Gasteiger partial charge in [0, 0.05) is 12.1 Å². The number of alkyl halides is 1. The van der Waals surface area contributed by atoms with Crippen LogP contribution in [0.5, 0.6) is 0 Å². The molecule has 0 bridgehead atoms. The Morgan fingerprint density at radius 1 is 1.46 bits per heavy atom. The van der Waals surface area contributed by atoms with Crippen LogP contribution >= 0.6 is 11.6 Å². The topological polar surface area (TPSA) is 26.0 Å². The van der Waals surface area contributed by atoms with Crippen molar-refractivity contribution in [3.8, 4) is 0 Å². The molecule has 70 valence electrons. The molecular weight excluding hydrogens is 189 g/mol. The molecule has 0 aromatic heterocycles. The van der Waals surface area contributed by atoms with Crippen molar-refractivity contribution >= 4 is 17.7 Å². The number of hydrogen-bond donors (Lipinski definition) is 1. The lowest BCUT2D eigenvalue weighted by Crippen LogP contribution is -1.92. The van der Waals surface area contributed by atoms with Gasteiger partial charge in [0.1, 0.15) is 5.82 Å². The lowest BCUT2D eigenvalue weighted by atomic mass is 10.1. The van der Waals surface area contributed by atoms with Crippen LogP contribution in [0.2, 0.25) is 0 Å². The molecule has 0 fully saturated rings. The van der Waals surface area contributed by atoms with E-state index in [0.717, 1.165) is 5.56 Å². The molecule has 2 N–H and O–H groups in total. The summed E-state index contributed by atoms with van der Waals surface area (Å²) in [4.78, 5) is 0. The maximum absolute atomic E-state index is 13.1. The van der Waals surface area contributed by atoms with E-state index in [0.29, 0.717) is 12.1 Å². The highest BCUT2D eigenvalue weighted by Gasteiger charge is 1.99. The van der Waals surface area contributed by atoms with Crippen LogP contribution in [0, 0.1) is 5.82 Å². The van der Waals surface area contributed by atoms with E-state index in [1.165, 1.54) is 6.07 Å². The number of halogens is 2. The lowest BCUT2D eigenvalue weighted by Gasteiger charge is -1.99. The Hall–Kier alpha value is -0.860. The molecular formula is C10H11ClFN. The Bertz CT molecular complexity index is 310. The zero-order valence-corrected chi connectivity index (χ0v) is 7.89. The van der Waals surface area contributed by atoms with Crippen molar-refractivity contribution in [1.82, 2.24) is 0 Å². The van der Waals surface area contributed by atoms with E-state index in [9.17, 15) is 4.39 Å². The zero-order chi connectivity index (χ0) is 9.68. The van der Waals surface area contributed by atoms with Crippen LogP contribution < -0.4 is 5.73 Å². The minimum absolute atomic E-state index is 0.201. The van der Waals surface area contributed by atoms with Gasteiger partial charge in [-0.1, -0.05) is 24.3 Å². The second-order valence-corrected chi connectivity index (χ2v) is 2.89. The highest BCUT2D eigenvalue weighted by atomic mass is 35.5. The fourth-order valence-corrected chi connectivity index (χ4v) is 1.20. The molecule has 1 aromatic carbocycles. The van der Waals surface area contributed by atoms with Crippen LogP contribution in [0.15, 0.2) is 24.3 Å². The van der Waals surface area contributed by atoms with Gasteiger partial charge in [-0.05, 0) is 11.6 Å². The smallest absolute Gasteiger partial charge is 0.128 e. The van der Waals surface area contributed by atoms with Gasteiger partial charge in [0.2, 0.25) is 0 Å². The van der Waals surface area contributed by atoms with Gasteiger partial charge in [-0.3, -0.25) is 0 Å². The summed E-state index contributed by atoms with van der Waals surface area (Å²) in [5.41, 5.74) is 6.59. The molecule has 0 aliphatic carbocycles. The average molecular weight is 200 g/mol. The summed E-state index contributed by atoms with van der Waals surface area (Å²) in [6.07, 6.45) is 3.55. The molecule has 0 spiro atoms. The molecule has 13 heavy (non-hydrogen) atoms. The van der Waals surface area contributed by atoms with Crippen LogP contribution in [0.1, 0.15) is 11.1 Å². The normalized spacial score (nSPS) is 11.0. The predicted molar refractivity (Wildman–Crippen MR) is 54.0 cm³/mol. The summed E-state index contributed by atoms with van der Waals surface area (Å²) in [6.45, 7) is 0.457. The second-order valence-electron chi connectivity index (χ2n) is 2.62. The SMILES string of the molecule is NCC=Cc1ccc(CCl)c(F)c1. The highest BCUT2D eigenvalue weighted by Crippen LogP contribution is 2.13. The second kappa shape index (κ2) is 5.00. The van der Waals surface area contributed by atoms with E-state index in [2.05, 4.69) is 0 Å². The summed E-state index contributed by atoms with van der Waals surface area (Å²) in [6, 6.07) is 4.94. The molecule has 0 atom stereocenters. The maximum atomic E-state index is 13.1. The Kier molecular flexibility index (Phi) is 3.93. The van der Waals surface area contributed by atoms with Gasteiger partial charge in [0.15, 0.2) is 0 Å². The fourth-order valence-electron chi connectivity index (χ4n) is 0.980. The molecule has 0 saturated heterocycles. The van der Waals surface area contributed by atoms with Crippen molar-refractivity contribution < 1.29 is 4.39 Å². The first-order chi connectivity index (χ1) is 6.27. The molecule has 0 unspecified atom stereocenters. The van der Waals surface area contributed by atoms with Crippen molar-refractivity contribution in [3.05, 3.63) is 41.2 Å². The maximum Gasteiger partial charge on any atom is 0.128 e. The molecule has 1 aromatic rings. The number of hydrogen-bond acceptors (Lipinski definition) is 1. The molecule has 0 radical (unpaired) electrons. The lowest BCUT2D eigenvalue weighted by molar-refractivity contribution is 0.616. The summed E-state index contributed by atoms with van der Waals surface area (Å²) >= 11 is 5.51. The largest absolute Gasteiger partial charge is 0.327 e. The third kappa shape index (κ3) is 2.83. The van der Waals surface area contributed by atoms with Crippen molar-refractivity contribution in [2.24, 2.45) is 5.73 Å². The van der Waals surface area contributed by atoms with E-state index in [1.54, 1.807) is 18.2 Å². The van der Waals surface area contributed by atoms with Gasteiger partial charge in [0.25, 0.3) is 0 Å². The molecule has 1 nitrogen and oxygen atoms in total. The van der Waals surface area contributed by atoms with Crippen LogP contribution in [0.25, 0.3) is 6.08 Å². The van der Waals surface area contributed by atoms with Crippen LogP contribution in [-0.2, 0) is 5.88 Å². The minimum Gasteiger partial charge on any atom is -0.327 e. The monoisotopic (exact) mass is 199 g/mol. The molecule has 0 saturated carbocycles. The summed E-state index contributed by atoms with van der Waals surface area (Å²) < 4.78 is 13.1. The zero-order valence-electron chi connectivity index (χ0n) is 7.13. The van der Waals surface area contributed by atoms with Crippen molar-refractivity contribution in [3.63, 3.8) is 0 Å². The Labute approximate surface area is 82.0 Å². The van der Waals surface area contributed by atoms with E-state index in [4.69, 9.17) is 17.3 Å². The van der Waals surface area contributed by atoms with Gasteiger partial charge < -0.3 is 5.73 Å².